The fourth-order valence-electron chi connectivity index (χ4n) is 6.08. The summed E-state index contributed by atoms with van der Waals surface area (Å²) in [6, 6.07) is 7.47. The topological polar surface area (TPSA) is 178 Å². The molecule has 0 bridgehead atoms. The highest BCUT2D eigenvalue weighted by molar-refractivity contribution is 7.91. The van der Waals surface area contributed by atoms with Crippen molar-refractivity contribution in [1.82, 2.24) is 34.7 Å². The van der Waals surface area contributed by atoms with Gasteiger partial charge in [-0.1, -0.05) is 6.07 Å². The number of carbonyl (C=O) groups excluding carboxylic acids is 1. The molecule has 1 aromatic carbocycles. The van der Waals surface area contributed by atoms with Crippen molar-refractivity contribution in [1.29, 1.82) is 0 Å². The molecule has 1 unspecified atom stereocenters. The van der Waals surface area contributed by atoms with Crippen LogP contribution in [-0.2, 0) is 9.84 Å². The Morgan fingerprint density at radius 2 is 1.75 bits per heavy atom. The normalized spacial score (nSPS) is 19.0. The highest BCUT2D eigenvalue weighted by atomic mass is 32.2. The van der Waals surface area contributed by atoms with Crippen molar-refractivity contribution in [3.63, 3.8) is 0 Å². The average molecular weight is 622 g/mol. The van der Waals surface area contributed by atoms with Gasteiger partial charge in [-0.05, 0) is 44.9 Å². The second-order valence-corrected chi connectivity index (χ2v) is 13.1. The summed E-state index contributed by atoms with van der Waals surface area (Å²) in [5.41, 5.74) is 14.6. The maximum atomic E-state index is 14.3. The van der Waals surface area contributed by atoms with E-state index in [4.69, 9.17) is 16.5 Å². The van der Waals surface area contributed by atoms with Gasteiger partial charge in [0.05, 0.1) is 17.6 Å². The number of benzene rings is 1. The van der Waals surface area contributed by atoms with Crippen molar-refractivity contribution in [2.24, 2.45) is 0 Å². The van der Waals surface area contributed by atoms with Crippen molar-refractivity contribution < 1.29 is 22.0 Å². The van der Waals surface area contributed by atoms with Crippen LogP contribution in [0.25, 0.3) is 28.0 Å². The van der Waals surface area contributed by atoms with E-state index in [2.05, 4.69) is 20.3 Å². The number of likely N-dealkylation sites (tertiary alicyclic amines) is 1. The first-order valence-corrected chi connectivity index (χ1v) is 15.6. The smallest absolute Gasteiger partial charge is 0.272 e. The maximum Gasteiger partial charge on any atom is 0.272 e. The number of hydrogen-bond donors (Lipinski definition) is 3. The molecular formula is C29H29F2N9O3S. The van der Waals surface area contributed by atoms with E-state index >= 15 is 0 Å². The second kappa shape index (κ2) is 10.7. The third-order valence-electron chi connectivity index (χ3n) is 7.97. The molecule has 0 radical (unpaired) electrons. The lowest BCUT2D eigenvalue weighted by Crippen LogP contribution is -2.49. The van der Waals surface area contributed by atoms with Gasteiger partial charge in [0, 0.05) is 59.3 Å². The third kappa shape index (κ3) is 5.02. The number of anilines is 2. The molecule has 0 spiro atoms. The zero-order chi connectivity index (χ0) is 31.5. The molecule has 1 aliphatic heterocycles. The molecule has 44 heavy (non-hydrogen) atoms. The minimum absolute atomic E-state index is 0.0801. The summed E-state index contributed by atoms with van der Waals surface area (Å²) in [4.78, 5) is 24.1. The first kappa shape index (κ1) is 29.2. The van der Waals surface area contributed by atoms with Crippen LogP contribution in [0.1, 0.15) is 48.8 Å². The Morgan fingerprint density at radius 3 is 2.34 bits per heavy atom. The summed E-state index contributed by atoms with van der Waals surface area (Å²) in [7, 11) is -3.84. The van der Waals surface area contributed by atoms with E-state index in [0.29, 0.717) is 41.0 Å². The van der Waals surface area contributed by atoms with Crippen LogP contribution >= 0.6 is 0 Å². The van der Waals surface area contributed by atoms with Gasteiger partial charge in [0.1, 0.15) is 33.9 Å². The van der Waals surface area contributed by atoms with Gasteiger partial charge >= 0.3 is 0 Å². The Morgan fingerprint density at radius 1 is 1.02 bits per heavy atom. The summed E-state index contributed by atoms with van der Waals surface area (Å²) in [5.74, 6) is -1.90. The molecule has 5 N–H and O–H groups in total. The Kier molecular flexibility index (Phi) is 7.07. The van der Waals surface area contributed by atoms with E-state index in [1.807, 2.05) is 13.8 Å². The monoisotopic (exact) mass is 621 g/mol. The van der Waals surface area contributed by atoms with Gasteiger partial charge in [-0.2, -0.15) is 14.7 Å². The number of hydrogen-bond acceptors (Lipinski definition) is 9. The van der Waals surface area contributed by atoms with E-state index in [9.17, 15) is 22.0 Å². The first-order chi connectivity index (χ1) is 20.8. The number of nitrogens with zero attached hydrogens (tertiary/aromatic N) is 6. The molecule has 6 rings (SSSR count). The molecule has 228 valence electrons. The Hall–Kier alpha value is -4.92. The molecular weight excluding hydrogens is 592 g/mol. The molecule has 3 atom stereocenters. The molecule has 12 nitrogen and oxygen atoms in total. The molecule has 15 heteroatoms. The van der Waals surface area contributed by atoms with E-state index in [1.54, 1.807) is 17.0 Å². The van der Waals surface area contributed by atoms with E-state index in [0.717, 1.165) is 18.4 Å². The van der Waals surface area contributed by atoms with Gasteiger partial charge in [-0.3, -0.25) is 14.9 Å². The van der Waals surface area contributed by atoms with Crippen molar-refractivity contribution in [3.8, 4) is 22.4 Å². The highest BCUT2D eigenvalue weighted by Gasteiger charge is 2.39. The number of piperidine rings is 1. The number of nitrogens with two attached hydrogens (primary N) is 2. The standard InChI is InChI=1S/C29H29F2N9O3S/c1-14-8-17(9-15(2)39(14)29(41)23-11-24(32)38-37-23)25-26(44(3,42)43)27(33)40-28(36-25)20(13-35-40)16-4-7-22(34-12-16)19-6-5-18(30)10-21(19)31/h4-7,10-15,17H,8-9,33H2,1-3H3,(H3,32,37,38)/t14-,15?,17-/m0/s1. The molecule has 1 aliphatic rings. The van der Waals surface area contributed by atoms with Crippen LogP contribution in [-0.4, -0.2) is 67.3 Å². The number of fused-ring (bicyclic) bond motifs is 1. The van der Waals surface area contributed by atoms with Crippen LogP contribution in [0.15, 0.2) is 53.7 Å². The van der Waals surface area contributed by atoms with Crippen LogP contribution in [0.3, 0.4) is 0 Å². The molecule has 5 heterocycles. The number of rotatable bonds is 5. The van der Waals surface area contributed by atoms with Crippen LogP contribution in [0.4, 0.5) is 20.4 Å². The third-order valence-corrected chi connectivity index (χ3v) is 9.13. The summed E-state index contributed by atoms with van der Waals surface area (Å²) in [5, 5.41) is 10.8. The minimum Gasteiger partial charge on any atom is -0.382 e. The van der Waals surface area contributed by atoms with Crippen molar-refractivity contribution >= 4 is 33.0 Å². The number of nitrogen functional groups attached to an aromatic ring is 2. The summed E-state index contributed by atoms with van der Waals surface area (Å²) >= 11 is 0. The maximum absolute atomic E-state index is 14.3. The van der Waals surface area contributed by atoms with Crippen LogP contribution in [0.2, 0.25) is 0 Å². The van der Waals surface area contributed by atoms with E-state index in [1.165, 1.54) is 29.0 Å². The molecule has 1 fully saturated rings. The first-order valence-electron chi connectivity index (χ1n) is 13.8. The Labute approximate surface area is 251 Å². The van der Waals surface area contributed by atoms with Crippen LogP contribution in [0.5, 0.6) is 0 Å². The van der Waals surface area contributed by atoms with Crippen molar-refractivity contribution in [2.75, 3.05) is 17.7 Å². The van der Waals surface area contributed by atoms with Gasteiger partial charge in [-0.15, -0.1) is 0 Å². The fraction of sp³-hybridized carbons (Fsp3) is 0.276. The molecule has 1 saturated heterocycles. The lowest BCUT2D eigenvalue weighted by Gasteiger charge is -2.42. The predicted octanol–water partition coefficient (Wildman–Crippen LogP) is 3.82. The quantitative estimate of drug-likeness (QED) is 0.263. The van der Waals surface area contributed by atoms with E-state index in [-0.39, 0.29) is 51.7 Å². The summed E-state index contributed by atoms with van der Waals surface area (Å²) in [6.07, 6.45) is 4.94. The fourth-order valence-corrected chi connectivity index (χ4v) is 7.14. The summed E-state index contributed by atoms with van der Waals surface area (Å²) < 4.78 is 55.1. The number of pyridine rings is 1. The zero-order valence-corrected chi connectivity index (χ0v) is 24.8. The minimum atomic E-state index is -3.84. The molecule has 0 aliphatic carbocycles. The largest absolute Gasteiger partial charge is 0.382 e. The average Bonchev–Trinajstić information content (AvgIpc) is 3.58. The Balaban J connectivity index is 1.39. The number of H-pyrrole nitrogens is 1. The SMILES string of the molecule is CC1C[C@@H](c2nc3c(-c4ccc(-c5ccc(F)cc5F)nc4)cnn3c(N)c2S(C)(=O)=O)C[C@H](C)N1C(=O)c1cc(N)n[nH]1. The number of carbonyl (C=O) groups is 1. The predicted molar refractivity (Wildman–Crippen MR) is 159 cm³/mol. The number of amides is 1. The highest BCUT2D eigenvalue weighted by Crippen LogP contribution is 2.40. The van der Waals surface area contributed by atoms with Gasteiger partial charge in [0.2, 0.25) is 0 Å². The lowest BCUT2D eigenvalue weighted by atomic mass is 9.84. The van der Waals surface area contributed by atoms with Crippen LogP contribution in [0, 0.1) is 11.6 Å². The number of aromatic amines is 1. The number of nitrogens with one attached hydrogen (secondary N) is 1. The zero-order valence-electron chi connectivity index (χ0n) is 24.0. The molecule has 5 aromatic rings. The van der Waals surface area contributed by atoms with Crippen molar-refractivity contribution in [2.45, 2.75) is 49.6 Å². The van der Waals surface area contributed by atoms with Gasteiger partial charge < -0.3 is 16.4 Å². The van der Waals surface area contributed by atoms with E-state index < -0.39 is 21.5 Å². The van der Waals surface area contributed by atoms with Gasteiger partial charge in [0.25, 0.3) is 5.91 Å². The molecule has 4 aromatic heterocycles. The second-order valence-electron chi connectivity index (χ2n) is 11.1. The van der Waals surface area contributed by atoms with Gasteiger partial charge in [0.15, 0.2) is 15.5 Å². The van der Waals surface area contributed by atoms with Crippen LogP contribution < -0.4 is 11.5 Å². The summed E-state index contributed by atoms with van der Waals surface area (Å²) in [6.45, 7) is 3.79. The number of sulfone groups is 1. The van der Waals surface area contributed by atoms with Crippen molar-refractivity contribution in [3.05, 3.63) is 71.8 Å². The van der Waals surface area contributed by atoms with Gasteiger partial charge in [-0.25, -0.2) is 22.2 Å². The Bertz CT molecular complexity index is 2010. The lowest BCUT2D eigenvalue weighted by molar-refractivity contribution is 0.0468. The number of aromatic nitrogens is 6. The molecule has 0 saturated carbocycles. The molecule has 1 amide bonds. The number of halogens is 2.